The molecule has 2 rings (SSSR count). The lowest BCUT2D eigenvalue weighted by atomic mass is 10.1. The van der Waals surface area contributed by atoms with Crippen LogP contribution in [0.5, 0.6) is 5.75 Å². The number of halogens is 2. The monoisotopic (exact) mass is 294 g/mol. The summed E-state index contributed by atoms with van der Waals surface area (Å²) in [4.78, 5) is 0. The summed E-state index contributed by atoms with van der Waals surface area (Å²) in [7, 11) is 0. The fraction of sp³-hybridized carbons (Fsp3) is 0.143. The third kappa shape index (κ3) is 3.30. The minimum atomic E-state index is -0.257. The highest BCUT2D eigenvalue weighted by Gasteiger charge is 2.07. The maximum Gasteiger partial charge on any atom is 0.123 e. The van der Waals surface area contributed by atoms with Gasteiger partial charge in [-0.15, -0.1) is 0 Å². The summed E-state index contributed by atoms with van der Waals surface area (Å²) in [5.74, 6) is 0.409. The molecule has 2 aromatic rings. The molecule has 0 aromatic heterocycles. The first-order valence-corrected chi connectivity index (χ1v) is 6.12. The van der Waals surface area contributed by atoms with Crippen LogP contribution in [0.1, 0.15) is 18.6 Å². The Labute approximate surface area is 108 Å². The molecule has 17 heavy (non-hydrogen) atoms. The van der Waals surface area contributed by atoms with Crippen LogP contribution >= 0.6 is 15.9 Å². The van der Waals surface area contributed by atoms with Crippen molar-refractivity contribution >= 4 is 15.9 Å². The van der Waals surface area contributed by atoms with E-state index in [2.05, 4.69) is 15.9 Å². The van der Waals surface area contributed by atoms with Gasteiger partial charge in [0.25, 0.3) is 0 Å². The molecule has 88 valence electrons. The van der Waals surface area contributed by atoms with Crippen molar-refractivity contribution in [3.05, 3.63) is 64.4 Å². The fourth-order valence-electron chi connectivity index (χ4n) is 1.54. The topological polar surface area (TPSA) is 9.23 Å². The predicted octanol–water partition coefficient (Wildman–Crippen LogP) is 4.73. The molecule has 0 aliphatic rings. The molecule has 0 fully saturated rings. The minimum Gasteiger partial charge on any atom is -0.486 e. The van der Waals surface area contributed by atoms with Crippen LogP contribution in [-0.4, -0.2) is 0 Å². The summed E-state index contributed by atoms with van der Waals surface area (Å²) in [5.41, 5.74) is 1.07. The second-order valence-electron chi connectivity index (χ2n) is 3.77. The molecule has 0 radical (unpaired) electrons. The van der Waals surface area contributed by atoms with E-state index < -0.39 is 0 Å². The third-order valence-corrected chi connectivity index (χ3v) is 2.94. The largest absolute Gasteiger partial charge is 0.486 e. The normalized spacial score (nSPS) is 12.2. The van der Waals surface area contributed by atoms with Gasteiger partial charge in [0, 0.05) is 4.47 Å². The van der Waals surface area contributed by atoms with Crippen molar-refractivity contribution in [1.29, 1.82) is 0 Å². The summed E-state index contributed by atoms with van der Waals surface area (Å²) in [6.07, 6.45) is -0.0713. The molecule has 3 heteroatoms. The van der Waals surface area contributed by atoms with Crippen LogP contribution in [0, 0.1) is 5.82 Å². The van der Waals surface area contributed by atoms with Crippen molar-refractivity contribution in [2.45, 2.75) is 13.0 Å². The molecule has 0 N–H and O–H groups in total. The average Bonchev–Trinajstić information content (AvgIpc) is 2.32. The standard InChI is InChI=1S/C14H12BrFO/c1-10(11-3-2-4-12(15)9-11)17-14-7-5-13(16)6-8-14/h2-10H,1H3. The van der Waals surface area contributed by atoms with E-state index in [1.165, 1.54) is 12.1 Å². The second-order valence-corrected chi connectivity index (χ2v) is 4.68. The van der Waals surface area contributed by atoms with Crippen LogP contribution in [0.25, 0.3) is 0 Å². The highest BCUT2D eigenvalue weighted by Crippen LogP contribution is 2.23. The Bertz CT molecular complexity index is 496. The van der Waals surface area contributed by atoms with E-state index in [1.54, 1.807) is 12.1 Å². The molecule has 0 saturated carbocycles. The molecule has 0 aliphatic heterocycles. The molecule has 1 unspecified atom stereocenters. The number of hydrogen-bond donors (Lipinski definition) is 0. The van der Waals surface area contributed by atoms with Crippen LogP contribution in [0.15, 0.2) is 53.0 Å². The van der Waals surface area contributed by atoms with Gasteiger partial charge in [0.15, 0.2) is 0 Å². The van der Waals surface area contributed by atoms with Gasteiger partial charge < -0.3 is 4.74 Å². The first kappa shape index (κ1) is 12.1. The van der Waals surface area contributed by atoms with E-state index in [4.69, 9.17) is 4.74 Å². The Morgan fingerprint density at radius 2 is 1.82 bits per heavy atom. The van der Waals surface area contributed by atoms with Crippen LogP contribution in [0.3, 0.4) is 0 Å². The Morgan fingerprint density at radius 1 is 1.12 bits per heavy atom. The summed E-state index contributed by atoms with van der Waals surface area (Å²) < 4.78 is 19.5. The van der Waals surface area contributed by atoms with Gasteiger partial charge in [-0.1, -0.05) is 28.1 Å². The highest BCUT2D eigenvalue weighted by molar-refractivity contribution is 9.10. The SMILES string of the molecule is CC(Oc1ccc(F)cc1)c1cccc(Br)c1. The van der Waals surface area contributed by atoms with E-state index >= 15 is 0 Å². The molecule has 0 spiro atoms. The van der Waals surface area contributed by atoms with Gasteiger partial charge in [0.2, 0.25) is 0 Å². The Morgan fingerprint density at radius 3 is 2.47 bits per heavy atom. The maximum atomic E-state index is 12.7. The van der Waals surface area contributed by atoms with Crippen LogP contribution < -0.4 is 4.74 Å². The molecule has 2 aromatic carbocycles. The van der Waals surface area contributed by atoms with Gasteiger partial charge >= 0.3 is 0 Å². The molecular weight excluding hydrogens is 283 g/mol. The number of rotatable bonds is 3. The Balaban J connectivity index is 2.11. The zero-order valence-corrected chi connectivity index (χ0v) is 10.9. The summed E-state index contributed by atoms with van der Waals surface area (Å²) in [6.45, 7) is 1.96. The zero-order chi connectivity index (χ0) is 12.3. The van der Waals surface area contributed by atoms with Crippen molar-refractivity contribution < 1.29 is 9.13 Å². The van der Waals surface area contributed by atoms with Crippen LogP contribution in [0.4, 0.5) is 4.39 Å². The molecule has 0 saturated heterocycles. The quantitative estimate of drug-likeness (QED) is 0.795. The predicted molar refractivity (Wildman–Crippen MR) is 69.6 cm³/mol. The van der Waals surface area contributed by atoms with E-state index in [9.17, 15) is 4.39 Å². The summed E-state index contributed by atoms with van der Waals surface area (Å²) in [6, 6.07) is 14.0. The van der Waals surface area contributed by atoms with Gasteiger partial charge in [-0.3, -0.25) is 0 Å². The fourth-order valence-corrected chi connectivity index (χ4v) is 1.96. The summed E-state index contributed by atoms with van der Waals surface area (Å²) >= 11 is 3.42. The minimum absolute atomic E-state index is 0.0713. The molecule has 0 heterocycles. The third-order valence-electron chi connectivity index (χ3n) is 2.44. The lowest BCUT2D eigenvalue weighted by Gasteiger charge is -2.15. The Kier molecular flexibility index (Phi) is 3.79. The van der Waals surface area contributed by atoms with Crippen molar-refractivity contribution in [3.63, 3.8) is 0 Å². The maximum absolute atomic E-state index is 12.7. The number of ether oxygens (including phenoxy) is 1. The summed E-state index contributed by atoms with van der Waals surface area (Å²) in [5, 5.41) is 0. The van der Waals surface area contributed by atoms with Gasteiger partial charge in [-0.2, -0.15) is 0 Å². The smallest absolute Gasteiger partial charge is 0.123 e. The van der Waals surface area contributed by atoms with E-state index in [1.807, 2.05) is 31.2 Å². The number of hydrogen-bond acceptors (Lipinski definition) is 1. The highest BCUT2D eigenvalue weighted by atomic mass is 79.9. The average molecular weight is 295 g/mol. The Hall–Kier alpha value is -1.35. The van der Waals surface area contributed by atoms with Crippen LogP contribution in [-0.2, 0) is 0 Å². The first-order chi connectivity index (χ1) is 8.15. The molecule has 1 nitrogen and oxygen atoms in total. The van der Waals surface area contributed by atoms with Gasteiger partial charge in [-0.05, 0) is 48.9 Å². The molecule has 0 aliphatic carbocycles. The van der Waals surface area contributed by atoms with Gasteiger partial charge in [0.05, 0.1) is 0 Å². The van der Waals surface area contributed by atoms with E-state index in [-0.39, 0.29) is 11.9 Å². The van der Waals surface area contributed by atoms with E-state index in [0.29, 0.717) is 5.75 Å². The lowest BCUT2D eigenvalue weighted by molar-refractivity contribution is 0.226. The van der Waals surface area contributed by atoms with Crippen molar-refractivity contribution in [1.82, 2.24) is 0 Å². The van der Waals surface area contributed by atoms with E-state index in [0.717, 1.165) is 10.0 Å². The van der Waals surface area contributed by atoms with Gasteiger partial charge in [-0.25, -0.2) is 4.39 Å². The zero-order valence-electron chi connectivity index (χ0n) is 9.36. The van der Waals surface area contributed by atoms with Crippen molar-refractivity contribution in [2.75, 3.05) is 0 Å². The second kappa shape index (κ2) is 5.32. The molecule has 1 atom stereocenters. The molecule has 0 amide bonds. The van der Waals surface area contributed by atoms with Crippen molar-refractivity contribution in [3.8, 4) is 5.75 Å². The van der Waals surface area contributed by atoms with Crippen LogP contribution in [0.2, 0.25) is 0 Å². The lowest BCUT2D eigenvalue weighted by Crippen LogP contribution is -2.02. The number of benzene rings is 2. The first-order valence-electron chi connectivity index (χ1n) is 5.33. The van der Waals surface area contributed by atoms with Gasteiger partial charge in [0.1, 0.15) is 17.7 Å². The molecular formula is C14H12BrFO. The van der Waals surface area contributed by atoms with Crippen molar-refractivity contribution in [2.24, 2.45) is 0 Å². The molecule has 0 bridgehead atoms.